The van der Waals surface area contributed by atoms with Gasteiger partial charge in [0.1, 0.15) is 5.69 Å². The second-order valence-electron chi connectivity index (χ2n) is 4.63. The van der Waals surface area contributed by atoms with Gasteiger partial charge in [0.15, 0.2) is 0 Å². The van der Waals surface area contributed by atoms with Crippen LogP contribution in [-0.4, -0.2) is 44.6 Å². The van der Waals surface area contributed by atoms with Crippen molar-refractivity contribution < 1.29 is 9.47 Å². The number of nitrogen functional groups attached to an aromatic ring is 1. The van der Waals surface area contributed by atoms with Gasteiger partial charge < -0.3 is 24.7 Å². The monoisotopic (exact) mass is 267 g/mol. The second kappa shape index (κ2) is 6.08. The first-order valence-corrected chi connectivity index (χ1v) is 6.46. The molecule has 0 aliphatic carbocycles. The number of hydrogen-bond acceptors (Lipinski definition) is 5. The number of nitrogens with two attached hydrogens (primary N) is 1. The highest BCUT2D eigenvalue weighted by molar-refractivity contribution is 5.67. The number of aryl methyl sites for hydroxylation is 1. The average Bonchev–Trinajstić information content (AvgIpc) is 2.44. The molecular formula is C13H21N3O3. The molecule has 2 heterocycles. The maximum Gasteiger partial charge on any atom is 0.276 e. The molecule has 0 amide bonds. The molecule has 1 saturated heterocycles. The summed E-state index contributed by atoms with van der Waals surface area (Å²) < 4.78 is 12.0. The van der Waals surface area contributed by atoms with Gasteiger partial charge in [0.05, 0.1) is 25.5 Å². The van der Waals surface area contributed by atoms with Gasteiger partial charge in [-0.25, -0.2) is 0 Å². The van der Waals surface area contributed by atoms with E-state index in [0.29, 0.717) is 32.1 Å². The van der Waals surface area contributed by atoms with Crippen LogP contribution >= 0.6 is 0 Å². The van der Waals surface area contributed by atoms with Gasteiger partial charge in [0.2, 0.25) is 0 Å². The van der Waals surface area contributed by atoms with Gasteiger partial charge in [-0.15, -0.1) is 0 Å². The van der Waals surface area contributed by atoms with Crippen molar-refractivity contribution in [2.75, 3.05) is 50.7 Å². The van der Waals surface area contributed by atoms with Crippen molar-refractivity contribution in [3.63, 3.8) is 0 Å². The Balaban J connectivity index is 2.33. The van der Waals surface area contributed by atoms with Crippen molar-refractivity contribution in [2.45, 2.75) is 13.5 Å². The molecule has 1 aromatic heterocycles. The van der Waals surface area contributed by atoms with Crippen molar-refractivity contribution in [3.8, 4) is 0 Å². The number of hydrogen-bond donors (Lipinski definition) is 1. The van der Waals surface area contributed by atoms with Gasteiger partial charge >= 0.3 is 0 Å². The summed E-state index contributed by atoms with van der Waals surface area (Å²) in [4.78, 5) is 14.4. The fourth-order valence-electron chi connectivity index (χ4n) is 2.30. The van der Waals surface area contributed by atoms with Crippen LogP contribution in [0.3, 0.4) is 0 Å². The smallest absolute Gasteiger partial charge is 0.276 e. The Labute approximate surface area is 112 Å². The van der Waals surface area contributed by atoms with E-state index in [1.54, 1.807) is 11.7 Å². The lowest BCUT2D eigenvalue weighted by Gasteiger charge is -2.30. The van der Waals surface area contributed by atoms with Gasteiger partial charge in [-0.2, -0.15) is 0 Å². The Morgan fingerprint density at radius 3 is 2.74 bits per heavy atom. The summed E-state index contributed by atoms with van der Waals surface area (Å²) in [6.45, 7) is 5.82. The normalized spacial score (nSPS) is 15.8. The molecule has 2 N–H and O–H groups in total. The van der Waals surface area contributed by atoms with Crippen LogP contribution in [0.2, 0.25) is 0 Å². The zero-order valence-electron chi connectivity index (χ0n) is 11.5. The first kappa shape index (κ1) is 13.9. The summed E-state index contributed by atoms with van der Waals surface area (Å²) in [5, 5.41) is 0. The number of morpholine rings is 1. The van der Waals surface area contributed by atoms with Gasteiger partial charge in [-0.05, 0) is 13.0 Å². The lowest BCUT2D eigenvalue weighted by Crippen LogP contribution is -2.38. The molecule has 1 aromatic rings. The van der Waals surface area contributed by atoms with Gasteiger partial charge in [0.25, 0.3) is 5.56 Å². The Kier molecular flexibility index (Phi) is 4.44. The van der Waals surface area contributed by atoms with Gasteiger partial charge in [-0.3, -0.25) is 4.79 Å². The zero-order chi connectivity index (χ0) is 13.8. The van der Waals surface area contributed by atoms with E-state index >= 15 is 0 Å². The van der Waals surface area contributed by atoms with Crippen molar-refractivity contribution in [1.29, 1.82) is 0 Å². The van der Waals surface area contributed by atoms with E-state index in [-0.39, 0.29) is 5.56 Å². The predicted octanol–water partition coefficient (Wildman–Crippen LogP) is 0.222. The molecule has 6 nitrogen and oxygen atoms in total. The fourth-order valence-corrected chi connectivity index (χ4v) is 2.30. The molecule has 1 aliphatic heterocycles. The van der Waals surface area contributed by atoms with E-state index in [2.05, 4.69) is 4.90 Å². The van der Waals surface area contributed by atoms with Crippen LogP contribution in [0.25, 0.3) is 0 Å². The van der Waals surface area contributed by atoms with Crippen molar-refractivity contribution in [2.24, 2.45) is 0 Å². The average molecular weight is 267 g/mol. The first-order chi connectivity index (χ1) is 9.15. The predicted molar refractivity (Wildman–Crippen MR) is 74.8 cm³/mol. The molecule has 2 rings (SSSR count). The minimum Gasteiger partial charge on any atom is -0.393 e. The number of methoxy groups -OCH3 is 1. The standard InChI is InChI=1S/C13H21N3O3/c1-10-9-11(15-3-7-19-8-4-15)12(14)13(17)16(10)5-6-18-2/h9H,3-8,14H2,1-2H3. The van der Waals surface area contributed by atoms with E-state index in [4.69, 9.17) is 15.2 Å². The maximum atomic E-state index is 12.3. The molecule has 106 valence electrons. The summed E-state index contributed by atoms with van der Waals surface area (Å²) in [6, 6.07) is 1.97. The molecule has 0 radical (unpaired) electrons. The minimum atomic E-state index is -0.140. The third-order valence-electron chi connectivity index (χ3n) is 3.39. The van der Waals surface area contributed by atoms with Crippen molar-refractivity contribution in [3.05, 3.63) is 22.1 Å². The summed E-state index contributed by atoms with van der Waals surface area (Å²) in [7, 11) is 1.62. The quantitative estimate of drug-likeness (QED) is 0.845. The molecule has 1 fully saturated rings. The molecule has 19 heavy (non-hydrogen) atoms. The number of nitrogens with zero attached hydrogens (tertiary/aromatic N) is 2. The highest BCUT2D eigenvalue weighted by atomic mass is 16.5. The highest BCUT2D eigenvalue weighted by Gasteiger charge is 2.17. The highest BCUT2D eigenvalue weighted by Crippen LogP contribution is 2.22. The number of pyridine rings is 1. The SMILES string of the molecule is COCCn1c(C)cc(N2CCOCC2)c(N)c1=O. The Morgan fingerprint density at radius 2 is 2.11 bits per heavy atom. The Hall–Kier alpha value is -1.53. The Morgan fingerprint density at radius 1 is 1.42 bits per heavy atom. The molecular weight excluding hydrogens is 246 g/mol. The van der Waals surface area contributed by atoms with Crippen LogP contribution in [0.4, 0.5) is 11.4 Å². The van der Waals surface area contributed by atoms with Crippen LogP contribution < -0.4 is 16.2 Å². The molecule has 6 heteroatoms. The fraction of sp³-hybridized carbons (Fsp3) is 0.615. The summed E-state index contributed by atoms with van der Waals surface area (Å²) in [5.74, 6) is 0. The van der Waals surface area contributed by atoms with Crippen LogP contribution in [0.15, 0.2) is 10.9 Å². The molecule has 0 saturated carbocycles. The number of anilines is 2. The lowest BCUT2D eigenvalue weighted by atomic mass is 10.2. The minimum absolute atomic E-state index is 0.140. The molecule has 0 unspecified atom stereocenters. The number of ether oxygens (including phenoxy) is 2. The summed E-state index contributed by atoms with van der Waals surface area (Å²) in [5.41, 5.74) is 7.89. The number of rotatable bonds is 4. The zero-order valence-corrected chi connectivity index (χ0v) is 11.5. The van der Waals surface area contributed by atoms with E-state index in [0.717, 1.165) is 24.5 Å². The van der Waals surface area contributed by atoms with E-state index in [1.165, 1.54) is 0 Å². The molecule has 1 aliphatic rings. The molecule has 0 bridgehead atoms. The second-order valence-corrected chi connectivity index (χ2v) is 4.63. The molecule has 0 atom stereocenters. The van der Waals surface area contributed by atoms with Crippen LogP contribution in [0.1, 0.15) is 5.69 Å². The van der Waals surface area contributed by atoms with Crippen LogP contribution in [0, 0.1) is 6.92 Å². The largest absolute Gasteiger partial charge is 0.393 e. The van der Waals surface area contributed by atoms with Crippen LogP contribution in [0.5, 0.6) is 0 Å². The third-order valence-corrected chi connectivity index (χ3v) is 3.39. The van der Waals surface area contributed by atoms with E-state index < -0.39 is 0 Å². The molecule has 0 aromatic carbocycles. The third kappa shape index (κ3) is 2.90. The first-order valence-electron chi connectivity index (χ1n) is 6.46. The van der Waals surface area contributed by atoms with Crippen molar-refractivity contribution >= 4 is 11.4 Å². The maximum absolute atomic E-state index is 12.3. The molecule has 0 spiro atoms. The van der Waals surface area contributed by atoms with Crippen molar-refractivity contribution in [1.82, 2.24) is 4.57 Å². The van der Waals surface area contributed by atoms with E-state index in [9.17, 15) is 4.79 Å². The number of aromatic nitrogens is 1. The van der Waals surface area contributed by atoms with Gasteiger partial charge in [-0.1, -0.05) is 0 Å². The Bertz CT molecular complexity index is 493. The van der Waals surface area contributed by atoms with Gasteiger partial charge in [0, 0.05) is 32.4 Å². The summed E-state index contributed by atoms with van der Waals surface area (Å²) >= 11 is 0. The topological polar surface area (TPSA) is 69.7 Å². The van der Waals surface area contributed by atoms with Crippen LogP contribution in [-0.2, 0) is 16.0 Å². The summed E-state index contributed by atoms with van der Waals surface area (Å²) in [6.07, 6.45) is 0. The van der Waals surface area contributed by atoms with E-state index in [1.807, 2.05) is 13.0 Å². The lowest BCUT2D eigenvalue weighted by molar-refractivity contribution is 0.122.